The summed E-state index contributed by atoms with van der Waals surface area (Å²) in [5, 5.41) is 2.19. The number of nitrogens with zero attached hydrogens (tertiary/aromatic N) is 4. The first kappa shape index (κ1) is 89.6. The van der Waals surface area contributed by atoms with Gasteiger partial charge >= 0.3 is 118 Å². The van der Waals surface area contributed by atoms with E-state index >= 15 is 0 Å². The second kappa shape index (κ2) is 37.8. The van der Waals surface area contributed by atoms with Crippen LogP contribution in [0.4, 0.5) is 11.4 Å². The van der Waals surface area contributed by atoms with E-state index in [-0.39, 0.29) is 275 Å². The molecule has 8 aromatic carbocycles. The van der Waals surface area contributed by atoms with Crippen molar-refractivity contribution in [3.63, 3.8) is 0 Å². The van der Waals surface area contributed by atoms with E-state index in [1.54, 1.807) is 48.5 Å². The van der Waals surface area contributed by atoms with Crippen LogP contribution in [0.15, 0.2) is 151 Å². The average molecular weight is 1610 g/mol. The van der Waals surface area contributed by atoms with Crippen LogP contribution in [-0.4, -0.2) is 211 Å². The fourth-order valence-corrected chi connectivity index (χ4v) is 18.2. The molecule has 0 spiro atoms. The Morgan fingerprint density at radius 1 is 0.302 bits per heavy atom. The predicted molar refractivity (Wildman–Crippen MR) is 368 cm³/mol. The van der Waals surface area contributed by atoms with E-state index in [2.05, 4.69) is 0 Å². The molecule has 4 aliphatic heterocycles. The summed E-state index contributed by atoms with van der Waals surface area (Å²) in [5.74, 6) is -0.939. The first-order valence-electron chi connectivity index (χ1n) is 32.0. The van der Waals surface area contributed by atoms with Gasteiger partial charge in [0.05, 0.1) is 82.2 Å². The molecule has 0 radical (unpaired) electrons. The van der Waals surface area contributed by atoms with Crippen molar-refractivity contribution in [2.45, 2.75) is 55.1 Å². The van der Waals surface area contributed by atoms with Crippen LogP contribution < -0.4 is 147 Å². The third-order valence-corrected chi connectivity index (χ3v) is 24.5. The Morgan fingerprint density at radius 3 is 0.736 bits per heavy atom. The first-order chi connectivity index (χ1) is 48.3. The monoisotopic (exact) mass is 1610 g/mol. The number of sulfonamides is 2. The summed E-state index contributed by atoms with van der Waals surface area (Å²) in [6.45, 7) is -5.08. The average Bonchev–Trinajstić information content (AvgIpc) is 0.768. The van der Waals surface area contributed by atoms with Gasteiger partial charge in [0.1, 0.15) is 89.9 Å². The molecule has 548 valence electrons. The van der Waals surface area contributed by atoms with Crippen molar-refractivity contribution in [2.24, 2.45) is 0 Å². The van der Waals surface area contributed by atoms with Gasteiger partial charge in [-0.15, -0.1) is 0 Å². The Hall–Kier alpha value is -3.62. The van der Waals surface area contributed by atoms with E-state index in [4.69, 9.17) is 37.9 Å². The number of anilines is 2. The molecule has 106 heavy (non-hydrogen) atoms. The Kier molecular flexibility index (Phi) is 31.9. The molecule has 13 rings (SSSR count). The summed E-state index contributed by atoms with van der Waals surface area (Å²) in [7, 11) is -23.4. The second-order valence-corrected chi connectivity index (χ2v) is 33.8. The summed E-state index contributed by atoms with van der Waals surface area (Å²) < 4.78 is 274. The summed E-state index contributed by atoms with van der Waals surface area (Å²) in [6.07, 6.45) is -2.74. The van der Waals surface area contributed by atoms with Gasteiger partial charge in [-0.2, -0.15) is 8.61 Å². The smallest absolute Gasteiger partial charge is 0.744 e. The van der Waals surface area contributed by atoms with Crippen LogP contribution in [0.25, 0.3) is 21.5 Å². The number of hydrogen-bond donors (Lipinski definition) is 0. The zero-order valence-corrected chi connectivity index (χ0v) is 72.6. The fourth-order valence-electron chi connectivity index (χ4n) is 12.7. The van der Waals surface area contributed by atoms with Crippen molar-refractivity contribution >= 4 is 93.4 Å². The summed E-state index contributed by atoms with van der Waals surface area (Å²) in [5.41, 5.74) is -0.187. The molecule has 0 N–H and O–H groups in total. The maximum Gasteiger partial charge on any atom is 1.00 e. The summed E-state index contributed by atoms with van der Waals surface area (Å²) in [4.78, 5) is 0.0921. The van der Waals surface area contributed by atoms with Crippen LogP contribution >= 0.6 is 0 Å². The molecule has 12 bridgehead atoms. The molecule has 28 nitrogen and oxygen atoms in total. The van der Waals surface area contributed by atoms with Crippen LogP contribution in [0.1, 0.15) is 44.5 Å². The number of fused-ring (bicyclic) bond motifs is 26. The summed E-state index contributed by atoms with van der Waals surface area (Å²) >= 11 is 0. The molecule has 0 unspecified atom stereocenters. The molecule has 0 amide bonds. The van der Waals surface area contributed by atoms with Gasteiger partial charge in [0.2, 0.25) is 20.0 Å². The molecular weight excluding hydrogens is 1540 g/mol. The number of benzene rings is 8. The van der Waals surface area contributed by atoms with Gasteiger partial charge in [-0.1, -0.05) is 48.5 Å². The minimum atomic E-state index is -5.50. The largest absolute Gasteiger partial charge is 1.00 e. The third-order valence-electron chi connectivity index (χ3n) is 17.3. The van der Waals surface area contributed by atoms with E-state index in [9.17, 15) is 68.7 Å². The number of hydrogen-bond acceptors (Lipinski definition) is 26. The van der Waals surface area contributed by atoms with Crippen LogP contribution in [-0.2, 0) is 105 Å². The zero-order chi connectivity index (χ0) is 73.1. The predicted octanol–water partition coefficient (Wildman–Crippen LogP) is -6.58. The van der Waals surface area contributed by atoms with Crippen molar-refractivity contribution in [1.29, 1.82) is 0 Å². The molecule has 0 saturated carbocycles. The molecule has 4 heterocycles. The van der Waals surface area contributed by atoms with Crippen LogP contribution in [0, 0.1) is 0 Å². The Balaban J connectivity index is 0.00000392. The van der Waals surface area contributed by atoms with E-state index in [0.29, 0.717) is 21.5 Å². The fraction of sp³-hybridized carbons (Fsp3) is 0.353. The van der Waals surface area contributed by atoms with Crippen LogP contribution in [0.5, 0.6) is 23.0 Å². The van der Waals surface area contributed by atoms with Crippen molar-refractivity contribution in [2.75, 3.05) is 143 Å². The van der Waals surface area contributed by atoms with Gasteiger partial charge in [-0.25, -0.2) is 50.5 Å². The van der Waals surface area contributed by atoms with Gasteiger partial charge in [0.25, 0.3) is 0 Å². The minimum Gasteiger partial charge on any atom is -0.744 e. The third kappa shape index (κ3) is 21.2. The molecule has 0 atom stereocenters. The molecule has 0 saturated heterocycles. The maximum absolute atomic E-state index is 14.9. The molecule has 0 aromatic heterocycles. The van der Waals surface area contributed by atoms with E-state index in [1.807, 2.05) is 50.1 Å². The first-order valence-corrected chi connectivity index (χ1v) is 40.5. The minimum absolute atomic E-state index is 0. The molecule has 0 fully saturated rings. The van der Waals surface area contributed by atoms with Gasteiger partial charge in [0, 0.05) is 157 Å². The van der Waals surface area contributed by atoms with Gasteiger partial charge < -0.3 is 65.9 Å². The second-order valence-electron chi connectivity index (χ2n) is 24.5. The van der Waals surface area contributed by atoms with E-state index in [0.717, 1.165) is 59.9 Å². The molecule has 38 heteroatoms. The number of ether oxygens (including phenoxy) is 8. The standard InChI is InChI=1S/C68H76N4O24S6.4Na/c1-69(2)61-13-5-11-59-57(61)9-7-15-63(59)97(73,74)71-17-21-89-25-29-93-65-45-33-49-41-55(101(83,84)85)43-51-35-47-39-54(100(80,81)82)40-48(66(47)94-30-26-90-22-18-71)36-52-44-56(102(86,87)88)42-50(34-46(65)38-53(37-45)99(77,78)79)68(52)96-32-28-92-24-20-72(19-23-91-27-31-95-67(49)51)98(75,76)64-16-8-10-58-60(64)12-6-14-62(58)70(3)4;;;;/h5-16,37-44H,17-36H2,1-4H3,(H,77,78,79)(H,80,81,82)(H,83,84,85)(H,86,87,88);;;;/q;4*+1/p-4. The Labute approximate surface area is 705 Å². The SMILES string of the molecule is CN(C)c1cccc2c(S(=O)(=O)N3CCOCCOc4c5cc(S(=O)(=O)[O-])cc4Cc4cc(S(=O)(=O)[O-])cc6c4OCCOCCN(S(=O)(=O)c4cccc7c(N(C)C)cccc47)CCOCCOc4c(cc(S(=O)(=O)[O-])cc4Cc4cc(S(=O)(=O)[O-])cc(c4OCCOCC3)C6)C5)cccc12.[Na+].[Na+].[Na+].[Na+]. The molecule has 8 aromatic rings. The maximum atomic E-state index is 14.9. The quantitative estimate of drug-likeness (QED) is 0.0698. The molecule has 1 aliphatic carbocycles. The molecular formula is C68H72N4Na4O24S6. The zero-order valence-electron chi connectivity index (χ0n) is 59.7. The van der Waals surface area contributed by atoms with Crippen molar-refractivity contribution in [3.8, 4) is 23.0 Å². The van der Waals surface area contributed by atoms with E-state index in [1.165, 1.54) is 20.7 Å². The van der Waals surface area contributed by atoms with Crippen molar-refractivity contribution < 1.29 is 225 Å². The summed E-state index contributed by atoms with van der Waals surface area (Å²) in [6, 6.07) is 27.7. The molecule has 5 aliphatic rings. The van der Waals surface area contributed by atoms with Gasteiger partial charge in [-0.3, -0.25) is 0 Å². The van der Waals surface area contributed by atoms with Crippen molar-refractivity contribution in [1.82, 2.24) is 8.61 Å². The van der Waals surface area contributed by atoms with Crippen molar-refractivity contribution in [3.05, 3.63) is 166 Å². The van der Waals surface area contributed by atoms with Crippen LogP contribution in [0.3, 0.4) is 0 Å². The van der Waals surface area contributed by atoms with Gasteiger partial charge in [0.15, 0.2) is 0 Å². The van der Waals surface area contributed by atoms with Crippen LogP contribution in [0.2, 0.25) is 0 Å². The normalized spacial score (nSPS) is 16.2. The van der Waals surface area contributed by atoms with E-state index < -0.39 is 132 Å². The topological polar surface area (TPSA) is 384 Å². The van der Waals surface area contributed by atoms with Gasteiger partial charge in [-0.05, 0) is 72.8 Å². The Bertz CT molecular complexity index is 4640. The number of rotatable bonds is 10. The Morgan fingerprint density at radius 2 is 0.519 bits per heavy atom.